The molecule has 9 nitrogen and oxygen atoms in total. The first-order valence-corrected chi connectivity index (χ1v) is 12.6. The van der Waals surface area contributed by atoms with Gasteiger partial charge in [-0.05, 0) is 31.4 Å². The first kappa shape index (κ1) is 27.0. The summed E-state index contributed by atoms with van der Waals surface area (Å²) in [6.45, 7) is 1.05. The van der Waals surface area contributed by atoms with E-state index in [1.165, 1.54) is 10.9 Å². The highest BCUT2D eigenvalue weighted by Gasteiger charge is 2.42. The van der Waals surface area contributed by atoms with Crippen molar-refractivity contribution in [1.82, 2.24) is 24.5 Å². The minimum absolute atomic E-state index is 0.00955. The lowest BCUT2D eigenvalue weighted by atomic mass is 10.0. The van der Waals surface area contributed by atoms with Crippen molar-refractivity contribution in [2.24, 2.45) is 12.8 Å². The van der Waals surface area contributed by atoms with Crippen molar-refractivity contribution < 1.29 is 31.5 Å². The maximum absolute atomic E-state index is 13.7. The van der Waals surface area contributed by atoms with Crippen molar-refractivity contribution in [3.63, 3.8) is 0 Å². The summed E-state index contributed by atoms with van der Waals surface area (Å²) in [6.07, 6.45) is -5.13. The Morgan fingerprint density at radius 1 is 1.28 bits per heavy atom. The Hall–Kier alpha value is -3.59. The Bertz CT molecular complexity index is 1640. The second-order valence-corrected chi connectivity index (χ2v) is 10.4. The van der Waals surface area contributed by atoms with Gasteiger partial charge in [-0.2, -0.15) is 23.4 Å². The van der Waals surface area contributed by atoms with Gasteiger partial charge in [-0.3, -0.25) is 19.0 Å². The van der Waals surface area contributed by atoms with Crippen LogP contribution in [0.5, 0.6) is 0 Å². The summed E-state index contributed by atoms with van der Waals surface area (Å²) in [6, 6.07) is 1.14. The number of nitrogens with zero attached hydrogens (tertiary/aromatic N) is 5. The van der Waals surface area contributed by atoms with E-state index in [0.29, 0.717) is 35.4 Å². The van der Waals surface area contributed by atoms with E-state index >= 15 is 0 Å². The highest BCUT2D eigenvalue weighted by Crippen LogP contribution is 2.47. The smallest absolute Gasteiger partial charge is 0.365 e. The van der Waals surface area contributed by atoms with E-state index in [2.05, 4.69) is 20.5 Å². The summed E-state index contributed by atoms with van der Waals surface area (Å²) in [7, 11) is 1.65. The molecule has 0 unspecified atom stereocenters. The number of alkyl halides is 5. The van der Waals surface area contributed by atoms with E-state index in [1.807, 2.05) is 0 Å². The van der Waals surface area contributed by atoms with Crippen LogP contribution >= 0.6 is 22.9 Å². The molecular weight excluding hydrogens is 569 g/mol. The monoisotopic (exact) mass is 587 g/mol. The van der Waals surface area contributed by atoms with Crippen LogP contribution in [-0.4, -0.2) is 36.4 Å². The molecule has 1 saturated carbocycles. The lowest BCUT2D eigenvalue weighted by Gasteiger charge is -2.12. The zero-order chi connectivity index (χ0) is 28.4. The predicted molar refractivity (Wildman–Crippen MR) is 133 cm³/mol. The van der Waals surface area contributed by atoms with Gasteiger partial charge in [0.25, 0.3) is 12.3 Å². The zero-order valence-electron chi connectivity index (χ0n) is 20.2. The summed E-state index contributed by atoms with van der Waals surface area (Å²) >= 11 is 6.70. The van der Waals surface area contributed by atoms with Gasteiger partial charge >= 0.3 is 6.18 Å². The molecule has 1 aliphatic carbocycles. The number of aryl methyl sites for hydroxylation is 1. The number of pyridine rings is 1. The number of hydrogen-bond donors (Lipinski definition) is 2. The van der Waals surface area contributed by atoms with Crippen LogP contribution in [0.1, 0.15) is 57.6 Å². The quantitative estimate of drug-likeness (QED) is 0.280. The molecule has 39 heavy (non-hydrogen) atoms. The topological polar surface area (TPSA) is 121 Å². The maximum Gasteiger partial charge on any atom is 0.436 e. The van der Waals surface area contributed by atoms with Crippen LogP contribution in [0, 0.1) is 6.92 Å². The maximum atomic E-state index is 13.7. The fourth-order valence-corrected chi connectivity index (χ4v) is 5.72. The molecule has 0 radical (unpaired) electrons. The lowest BCUT2D eigenvalue weighted by Crippen LogP contribution is -2.23. The molecule has 4 heterocycles. The average molecular weight is 588 g/mol. The fourth-order valence-electron chi connectivity index (χ4n) is 4.31. The summed E-state index contributed by atoms with van der Waals surface area (Å²) in [4.78, 5) is 29.3. The average Bonchev–Trinajstić information content (AvgIpc) is 3.41. The molecule has 0 spiro atoms. The third-order valence-electron chi connectivity index (χ3n) is 6.38. The number of aromatic nitrogens is 5. The van der Waals surface area contributed by atoms with E-state index in [0.717, 1.165) is 10.7 Å². The molecule has 4 aromatic rings. The van der Waals surface area contributed by atoms with Crippen LogP contribution in [0.3, 0.4) is 0 Å². The lowest BCUT2D eigenvalue weighted by molar-refractivity contribution is -0.141. The molecule has 5 rings (SSSR count). The number of amides is 2. The minimum Gasteiger partial charge on any atom is -0.365 e. The molecule has 206 valence electrons. The Balaban J connectivity index is 1.61. The normalized spacial score (nSPS) is 14.0. The van der Waals surface area contributed by atoms with Gasteiger partial charge in [-0.25, -0.2) is 13.8 Å². The van der Waals surface area contributed by atoms with E-state index in [-0.39, 0.29) is 38.0 Å². The van der Waals surface area contributed by atoms with Gasteiger partial charge in [0.2, 0.25) is 5.91 Å². The number of nitrogens with one attached hydrogen (secondary N) is 1. The second-order valence-electron chi connectivity index (χ2n) is 9.04. The van der Waals surface area contributed by atoms with E-state index in [4.69, 9.17) is 17.3 Å². The van der Waals surface area contributed by atoms with Crippen molar-refractivity contribution in [3.8, 4) is 11.1 Å². The Labute approximate surface area is 225 Å². The molecule has 0 aromatic carbocycles. The highest BCUT2D eigenvalue weighted by molar-refractivity contribution is 7.21. The Morgan fingerprint density at radius 2 is 1.97 bits per heavy atom. The Morgan fingerprint density at radius 3 is 2.51 bits per heavy atom. The van der Waals surface area contributed by atoms with Gasteiger partial charge in [0.05, 0.1) is 22.6 Å². The molecule has 1 fully saturated rings. The summed E-state index contributed by atoms with van der Waals surface area (Å²) < 4.78 is 70.1. The SMILES string of the molecule is Cc1c(-c2cc(C(F)F)nc3sc(C(N)=O)c(NC(=O)Cn4nc(C(F)(F)F)c(Cl)c4C4CC4)c23)cnn1C. The predicted octanol–water partition coefficient (Wildman–Crippen LogP) is 5.43. The molecule has 3 N–H and O–H groups in total. The first-order chi connectivity index (χ1) is 18.3. The van der Waals surface area contributed by atoms with Crippen molar-refractivity contribution in [2.75, 3.05) is 5.32 Å². The minimum atomic E-state index is -4.82. The van der Waals surface area contributed by atoms with Crippen molar-refractivity contribution >= 4 is 50.7 Å². The summed E-state index contributed by atoms with van der Waals surface area (Å²) in [5.74, 6) is -2.06. The van der Waals surface area contributed by atoms with Crippen molar-refractivity contribution in [3.05, 3.63) is 44.9 Å². The number of hydrogen-bond acceptors (Lipinski definition) is 6. The Kier molecular flexibility index (Phi) is 6.61. The molecule has 0 saturated heterocycles. The van der Waals surface area contributed by atoms with E-state index < -0.39 is 47.4 Å². The van der Waals surface area contributed by atoms with Crippen LogP contribution in [-0.2, 0) is 24.6 Å². The third-order valence-corrected chi connectivity index (χ3v) is 7.85. The van der Waals surface area contributed by atoms with Gasteiger partial charge in [-0.15, -0.1) is 11.3 Å². The van der Waals surface area contributed by atoms with Crippen LogP contribution in [0.2, 0.25) is 5.02 Å². The van der Waals surface area contributed by atoms with Crippen LogP contribution in [0.4, 0.5) is 27.6 Å². The molecule has 0 bridgehead atoms. The molecule has 16 heteroatoms. The molecule has 1 aliphatic rings. The van der Waals surface area contributed by atoms with Gasteiger partial charge in [0.1, 0.15) is 21.9 Å². The number of thiophene rings is 1. The third kappa shape index (κ3) is 4.84. The van der Waals surface area contributed by atoms with Crippen LogP contribution in [0.25, 0.3) is 21.3 Å². The zero-order valence-corrected chi connectivity index (χ0v) is 21.8. The molecule has 0 atom stereocenters. The first-order valence-electron chi connectivity index (χ1n) is 11.5. The highest BCUT2D eigenvalue weighted by atomic mass is 35.5. The van der Waals surface area contributed by atoms with Crippen LogP contribution in [0.15, 0.2) is 12.3 Å². The number of fused-ring (bicyclic) bond motifs is 1. The number of primary amides is 1. The number of carbonyl (C=O) groups is 2. The summed E-state index contributed by atoms with van der Waals surface area (Å²) in [5.41, 5.74) is 4.95. The number of rotatable bonds is 7. The van der Waals surface area contributed by atoms with E-state index in [9.17, 15) is 31.5 Å². The molecule has 4 aromatic heterocycles. The van der Waals surface area contributed by atoms with Gasteiger partial charge in [-0.1, -0.05) is 11.6 Å². The number of halogens is 6. The van der Waals surface area contributed by atoms with Gasteiger partial charge < -0.3 is 11.1 Å². The van der Waals surface area contributed by atoms with E-state index in [1.54, 1.807) is 14.0 Å². The fraction of sp³-hybridized carbons (Fsp3) is 0.348. The largest absolute Gasteiger partial charge is 0.436 e. The molecule has 0 aliphatic heterocycles. The van der Waals surface area contributed by atoms with Gasteiger partial charge in [0.15, 0.2) is 5.69 Å². The number of carbonyl (C=O) groups excluding carboxylic acids is 2. The summed E-state index contributed by atoms with van der Waals surface area (Å²) in [5, 5.41) is 9.83. The number of nitrogens with two attached hydrogens (primary N) is 1. The standard InChI is InChI=1S/C23H19ClF5N7O2S/c1-8-11(6-31-35(8)2)10-5-12(20(25)26)32-22-14(10)16(18(39-22)21(30)38)33-13(37)7-36-17(9-3-4-9)15(24)19(34-36)23(27,28)29/h5-6,9,20H,3-4,7H2,1-2H3,(H2,30,38)(H,33,37). The molecular formula is C23H19ClF5N7O2S. The van der Waals surface area contributed by atoms with Crippen LogP contribution < -0.4 is 11.1 Å². The molecule has 2 amide bonds. The van der Waals surface area contributed by atoms with Crippen molar-refractivity contribution in [1.29, 1.82) is 0 Å². The van der Waals surface area contributed by atoms with Gasteiger partial charge in [0, 0.05) is 29.6 Å². The number of anilines is 1. The second kappa shape index (κ2) is 9.55. The van der Waals surface area contributed by atoms with Crippen molar-refractivity contribution in [2.45, 2.75) is 44.8 Å².